The van der Waals surface area contributed by atoms with E-state index in [0.717, 1.165) is 25.7 Å². The molecular weight excluding hydrogens is 308 g/mol. The molecule has 6 heteroatoms. The van der Waals surface area contributed by atoms with Gasteiger partial charge in [0.2, 0.25) is 11.8 Å². The van der Waals surface area contributed by atoms with Gasteiger partial charge in [-0.05, 0) is 26.2 Å². The van der Waals surface area contributed by atoms with E-state index in [1.165, 1.54) is 17.7 Å². The van der Waals surface area contributed by atoms with Gasteiger partial charge in [-0.1, -0.05) is 25.7 Å². The highest BCUT2D eigenvalue weighted by molar-refractivity contribution is 5.86. The van der Waals surface area contributed by atoms with E-state index in [4.69, 9.17) is 4.74 Å². The van der Waals surface area contributed by atoms with Gasteiger partial charge in [-0.25, -0.2) is 0 Å². The van der Waals surface area contributed by atoms with E-state index >= 15 is 0 Å². The van der Waals surface area contributed by atoms with Gasteiger partial charge in [0.05, 0.1) is 12.5 Å². The van der Waals surface area contributed by atoms with Gasteiger partial charge in [0.1, 0.15) is 6.54 Å². The van der Waals surface area contributed by atoms with E-state index in [1.54, 1.807) is 14.0 Å². The number of nitrogens with zero attached hydrogens (tertiary/aromatic N) is 2. The maximum absolute atomic E-state index is 12.6. The monoisotopic (exact) mass is 338 g/mol. The zero-order chi connectivity index (χ0) is 17.5. The van der Waals surface area contributed by atoms with Crippen LogP contribution in [0.25, 0.3) is 0 Å². The van der Waals surface area contributed by atoms with Crippen molar-refractivity contribution in [2.24, 2.45) is 5.92 Å². The fourth-order valence-corrected chi connectivity index (χ4v) is 3.79. The molecule has 1 unspecified atom stereocenters. The summed E-state index contributed by atoms with van der Waals surface area (Å²) >= 11 is 0. The number of amides is 2. The van der Waals surface area contributed by atoms with Crippen LogP contribution in [0.15, 0.2) is 0 Å². The zero-order valence-corrected chi connectivity index (χ0v) is 15.0. The van der Waals surface area contributed by atoms with Gasteiger partial charge in [0.15, 0.2) is 0 Å². The molecular formula is C18H30N2O4. The van der Waals surface area contributed by atoms with Crippen LogP contribution in [0.5, 0.6) is 0 Å². The van der Waals surface area contributed by atoms with Crippen LogP contribution in [0.3, 0.4) is 0 Å². The van der Waals surface area contributed by atoms with Crippen LogP contribution in [0.1, 0.15) is 58.3 Å². The highest BCUT2D eigenvalue weighted by atomic mass is 16.5. The summed E-state index contributed by atoms with van der Waals surface area (Å²) in [5, 5.41) is 0. The number of ether oxygens (including phenoxy) is 1. The fourth-order valence-electron chi connectivity index (χ4n) is 3.79. The molecule has 1 aliphatic carbocycles. The lowest BCUT2D eigenvalue weighted by molar-refractivity contribution is -0.152. The second kappa shape index (κ2) is 9.04. The Kier molecular flexibility index (Phi) is 7.06. The maximum Gasteiger partial charge on any atom is 0.325 e. The van der Waals surface area contributed by atoms with Gasteiger partial charge >= 0.3 is 5.97 Å². The van der Waals surface area contributed by atoms with Crippen LogP contribution in [0.4, 0.5) is 0 Å². The Bertz CT molecular complexity index is 458. The van der Waals surface area contributed by atoms with Crippen molar-refractivity contribution in [1.82, 2.24) is 9.80 Å². The number of carbonyl (C=O) groups is 3. The molecule has 6 nitrogen and oxygen atoms in total. The predicted octanol–water partition coefficient (Wildman–Crippen LogP) is 1.97. The molecule has 1 heterocycles. The van der Waals surface area contributed by atoms with Crippen molar-refractivity contribution >= 4 is 17.8 Å². The van der Waals surface area contributed by atoms with Crippen molar-refractivity contribution in [3.8, 4) is 0 Å². The van der Waals surface area contributed by atoms with E-state index in [-0.39, 0.29) is 36.3 Å². The van der Waals surface area contributed by atoms with Crippen LogP contribution in [-0.4, -0.2) is 60.4 Å². The van der Waals surface area contributed by atoms with Crippen molar-refractivity contribution in [3.05, 3.63) is 0 Å². The largest absolute Gasteiger partial charge is 0.465 e. The average molecular weight is 338 g/mol. The molecule has 1 saturated heterocycles. The number of rotatable bonds is 5. The number of likely N-dealkylation sites (N-methyl/N-ethyl adjacent to an activating group) is 1. The van der Waals surface area contributed by atoms with E-state index in [2.05, 4.69) is 0 Å². The summed E-state index contributed by atoms with van der Waals surface area (Å²) in [5.41, 5.74) is 0. The summed E-state index contributed by atoms with van der Waals surface area (Å²) in [7, 11) is 1.63. The van der Waals surface area contributed by atoms with Crippen molar-refractivity contribution < 1.29 is 19.1 Å². The Morgan fingerprint density at radius 1 is 1.17 bits per heavy atom. The first-order valence-electron chi connectivity index (χ1n) is 9.23. The Morgan fingerprint density at radius 3 is 2.46 bits per heavy atom. The lowest BCUT2D eigenvalue weighted by atomic mass is 9.93. The maximum atomic E-state index is 12.6. The highest BCUT2D eigenvalue weighted by Crippen LogP contribution is 2.28. The topological polar surface area (TPSA) is 66.9 Å². The average Bonchev–Trinajstić information content (AvgIpc) is 2.84. The Morgan fingerprint density at radius 2 is 1.83 bits per heavy atom. The molecule has 0 aromatic heterocycles. The van der Waals surface area contributed by atoms with Crippen molar-refractivity contribution in [2.45, 2.75) is 64.3 Å². The molecule has 0 spiro atoms. The van der Waals surface area contributed by atoms with Gasteiger partial charge in [-0.2, -0.15) is 0 Å². The number of hydrogen-bond acceptors (Lipinski definition) is 4. The first-order valence-corrected chi connectivity index (χ1v) is 9.23. The van der Waals surface area contributed by atoms with Crippen LogP contribution < -0.4 is 0 Å². The summed E-state index contributed by atoms with van der Waals surface area (Å²) < 4.78 is 4.90. The Balaban J connectivity index is 1.94. The minimum absolute atomic E-state index is 0.0272. The normalized spacial score (nSPS) is 22.8. The minimum atomic E-state index is -0.388. The summed E-state index contributed by atoms with van der Waals surface area (Å²) in [4.78, 5) is 39.9. The lowest BCUT2D eigenvalue weighted by Gasteiger charge is -2.38. The van der Waals surface area contributed by atoms with E-state index in [1.807, 2.05) is 4.90 Å². The molecule has 1 aliphatic heterocycles. The highest BCUT2D eigenvalue weighted by Gasteiger charge is 2.35. The van der Waals surface area contributed by atoms with Gasteiger partial charge in [-0.15, -0.1) is 0 Å². The fraction of sp³-hybridized carbons (Fsp3) is 0.833. The molecule has 2 fully saturated rings. The summed E-state index contributed by atoms with van der Waals surface area (Å²) in [6, 6.07) is 0.283. The molecule has 0 N–H and O–H groups in total. The summed E-state index contributed by atoms with van der Waals surface area (Å²) in [5.74, 6) is -0.473. The Hall–Kier alpha value is -1.59. The van der Waals surface area contributed by atoms with Gasteiger partial charge < -0.3 is 14.5 Å². The van der Waals surface area contributed by atoms with E-state index < -0.39 is 0 Å². The smallest absolute Gasteiger partial charge is 0.325 e. The number of likely N-dealkylation sites (tertiary alicyclic amines) is 1. The zero-order valence-electron chi connectivity index (χ0n) is 15.0. The van der Waals surface area contributed by atoms with Gasteiger partial charge in [0, 0.05) is 26.1 Å². The predicted molar refractivity (Wildman–Crippen MR) is 90.2 cm³/mol. The molecule has 0 bridgehead atoms. The van der Waals surface area contributed by atoms with E-state index in [9.17, 15) is 14.4 Å². The quantitative estimate of drug-likeness (QED) is 0.568. The number of hydrogen-bond donors (Lipinski definition) is 0. The molecule has 136 valence electrons. The SMILES string of the molecule is CCOC(=O)CN(C)C(=O)C1CCC(=O)N(C2CCCCCC2)C1. The molecule has 2 rings (SSSR count). The second-order valence-corrected chi connectivity index (χ2v) is 6.93. The molecule has 24 heavy (non-hydrogen) atoms. The Labute approximate surface area is 144 Å². The van der Waals surface area contributed by atoms with Crippen LogP contribution in [-0.2, 0) is 19.1 Å². The van der Waals surface area contributed by atoms with Crippen LogP contribution in [0.2, 0.25) is 0 Å². The third-order valence-corrected chi connectivity index (χ3v) is 5.11. The minimum Gasteiger partial charge on any atom is -0.465 e. The van der Waals surface area contributed by atoms with E-state index in [0.29, 0.717) is 26.0 Å². The van der Waals surface area contributed by atoms with Crippen molar-refractivity contribution in [3.63, 3.8) is 0 Å². The molecule has 0 aromatic carbocycles. The second-order valence-electron chi connectivity index (χ2n) is 6.93. The van der Waals surface area contributed by atoms with Gasteiger partial charge in [0.25, 0.3) is 0 Å². The first-order chi connectivity index (χ1) is 11.5. The number of piperidine rings is 1. The summed E-state index contributed by atoms with van der Waals surface area (Å²) in [6.07, 6.45) is 7.91. The molecule has 2 aliphatic rings. The molecule has 1 saturated carbocycles. The lowest BCUT2D eigenvalue weighted by Crippen LogP contribution is -2.50. The van der Waals surface area contributed by atoms with Gasteiger partial charge in [-0.3, -0.25) is 14.4 Å². The van der Waals surface area contributed by atoms with Crippen LogP contribution in [0, 0.1) is 5.92 Å². The number of esters is 1. The van der Waals surface area contributed by atoms with Crippen LogP contribution >= 0.6 is 0 Å². The standard InChI is InChI=1S/C18H30N2O4/c1-3-24-17(22)13-19(2)18(23)14-10-11-16(21)20(12-14)15-8-6-4-5-7-9-15/h14-15H,3-13H2,1-2H3. The third kappa shape index (κ3) is 4.95. The molecule has 1 atom stereocenters. The molecule has 2 amide bonds. The first kappa shape index (κ1) is 18.7. The van der Waals surface area contributed by atoms with Crippen molar-refractivity contribution in [1.29, 1.82) is 0 Å². The molecule has 0 radical (unpaired) electrons. The third-order valence-electron chi connectivity index (χ3n) is 5.11. The summed E-state index contributed by atoms with van der Waals surface area (Å²) in [6.45, 7) is 2.53. The molecule has 0 aromatic rings. The van der Waals surface area contributed by atoms with Crippen molar-refractivity contribution in [2.75, 3.05) is 26.7 Å². The number of carbonyl (C=O) groups excluding carboxylic acids is 3.